The number of carbonyl (C=O) groups excluding carboxylic acids is 2. The number of hydrogen-bond donors (Lipinski definition) is 2. The molecule has 0 bridgehead atoms. The minimum atomic E-state index is -1.02. The number of nitrogens with zero attached hydrogens (tertiary/aromatic N) is 1. The maximum absolute atomic E-state index is 12.3. The Hall–Kier alpha value is -1.59. The van der Waals surface area contributed by atoms with Gasteiger partial charge in [0.15, 0.2) is 0 Å². The number of carboxylic acids is 1. The van der Waals surface area contributed by atoms with Crippen molar-refractivity contribution in [2.75, 3.05) is 6.54 Å². The molecule has 1 heterocycles. The molecule has 0 spiro atoms. The molecule has 0 saturated carbocycles. The van der Waals surface area contributed by atoms with Crippen molar-refractivity contribution in [1.82, 2.24) is 10.2 Å². The quantitative estimate of drug-likeness (QED) is 0.746. The molecule has 21 heavy (non-hydrogen) atoms. The van der Waals surface area contributed by atoms with Crippen molar-refractivity contribution in [2.45, 2.75) is 70.9 Å². The van der Waals surface area contributed by atoms with E-state index in [0.29, 0.717) is 32.2 Å². The SMILES string of the molecule is CCCC(=O)N1CCCC[C@H]1C(=O)N[C@@H](CCC)C(=O)O. The number of rotatable bonds is 7. The molecule has 0 aromatic carbocycles. The number of carbonyl (C=O) groups is 3. The van der Waals surface area contributed by atoms with E-state index >= 15 is 0 Å². The molecule has 1 aliphatic rings. The van der Waals surface area contributed by atoms with Crippen LogP contribution in [0.15, 0.2) is 0 Å². The lowest BCUT2D eigenvalue weighted by molar-refractivity contribution is -0.146. The highest BCUT2D eigenvalue weighted by molar-refractivity contribution is 5.90. The number of nitrogens with one attached hydrogen (secondary N) is 1. The van der Waals surface area contributed by atoms with Crippen LogP contribution >= 0.6 is 0 Å². The fraction of sp³-hybridized carbons (Fsp3) is 0.800. The van der Waals surface area contributed by atoms with Crippen LogP contribution in [0.2, 0.25) is 0 Å². The molecule has 0 aromatic rings. The largest absolute Gasteiger partial charge is 0.480 e. The Labute approximate surface area is 125 Å². The standard InChI is InChI=1S/C15H26N2O4/c1-3-7-11(15(20)21)16-14(19)12-9-5-6-10-17(12)13(18)8-4-2/h11-12H,3-10H2,1-2H3,(H,16,19)(H,20,21)/t11-,12-/m0/s1. The number of piperidine rings is 1. The van der Waals surface area contributed by atoms with Gasteiger partial charge in [-0.2, -0.15) is 0 Å². The molecule has 1 aliphatic heterocycles. The summed E-state index contributed by atoms with van der Waals surface area (Å²) in [6.07, 6.45) is 4.66. The second-order valence-corrected chi connectivity index (χ2v) is 5.54. The monoisotopic (exact) mass is 298 g/mol. The van der Waals surface area contributed by atoms with E-state index in [2.05, 4.69) is 5.32 Å². The van der Waals surface area contributed by atoms with Crippen molar-refractivity contribution in [3.8, 4) is 0 Å². The number of aliphatic carboxylic acids is 1. The van der Waals surface area contributed by atoms with E-state index in [9.17, 15) is 14.4 Å². The van der Waals surface area contributed by atoms with Crippen LogP contribution in [0.5, 0.6) is 0 Å². The fourth-order valence-electron chi connectivity index (χ4n) is 2.67. The summed E-state index contributed by atoms with van der Waals surface area (Å²) in [6, 6.07) is -1.39. The molecule has 0 aromatic heterocycles. The van der Waals surface area contributed by atoms with Gasteiger partial charge in [0.25, 0.3) is 0 Å². The zero-order valence-corrected chi connectivity index (χ0v) is 12.9. The predicted molar refractivity (Wildman–Crippen MR) is 78.7 cm³/mol. The van der Waals surface area contributed by atoms with Crippen LogP contribution in [-0.4, -0.2) is 46.4 Å². The molecule has 120 valence electrons. The Morgan fingerprint density at radius 3 is 2.52 bits per heavy atom. The molecule has 0 aliphatic carbocycles. The Kier molecular flexibility index (Phi) is 7.19. The minimum Gasteiger partial charge on any atom is -0.480 e. The lowest BCUT2D eigenvalue weighted by Gasteiger charge is -2.35. The minimum absolute atomic E-state index is 0.0142. The van der Waals surface area contributed by atoms with Crippen molar-refractivity contribution in [1.29, 1.82) is 0 Å². The van der Waals surface area contributed by atoms with Gasteiger partial charge in [0.05, 0.1) is 0 Å². The fourth-order valence-corrected chi connectivity index (χ4v) is 2.67. The topological polar surface area (TPSA) is 86.7 Å². The molecule has 1 rings (SSSR count). The van der Waals surface area contributed by atoms with Gasteiger partial charge in [-0.25, -0.2) is 4.79 Å². The summed E-state index contributed by atoms with van der Waals surface area (Å²) in [6.45, 7) is 4.39. The Morgan fingerprint density at radius 1 is 1.24 bits per heavy atom. The van der Waals surface area contributed by atoms with Gasteiger partial charge >= 0.3 is 5.97 Å². The first-order valence-electron chi connectivity index (χ1n) is 7.83. The van der Waals surface area contributed by atoms with Crippen LogP contribution < -0.4 is 5.32 Å². The van der Waals surface area contributed by atoms with Crippen LogP contribution in [-0.2, 0) is 14.4 Å². The molecule has 6 nitrogen and oxygen atoms in total. The molecule has 1 saturated heterocycles. The lowest BCUT2D eigenvalue weighted by atomic mass is 10.00. The van der Waals surface area contributed by atoms with Crippen molar-refractivity contribution in [2.24, 2.45) is 0 Å². The first kappa shape index (κ1) is 17.5. The van der Waals surface area contributed by atoms with E-state index in [1.807, 2.05) is 13.8 Å². The maximum Gasteiger partial charge on any atom is 0.326 e. The van der Waals surface area contributed by atoms with Crippen LogP contribution in [0.1, 0.15) is 58.8 Å². The third kappa shape index (κ3) is 5.02. The number of hydrogen-bond acceptors (Lipinski definition) is 3. The van der Waals surface area contributed by atoms with Gasteiger partial charge < -0.3 is 15.3 Å². The molecule has 0 radical (unpaired) electrons. The first-order valence-corrected chi connectivity index (χ1v) is 7.83. The summed E-state index contributed by atoms with van der Waals surface area (Å²) >= 11 is 0. The summed E-state index contributed by atoms with van der Waals surface area (Å²) in [5.41, 5.74) is 0. The van der Waals surface area contributed by atoms with E-state index in [1.54, 1.807) is 4.90 Å². The average Bonchev–Trinajstić information content (AvgIpc) is 2.46. The second kappa shape index (κ2) is 8.64. The van der Waals surface area contributed by atoms with Crippen molar-refractivity contribution >= 4 is 17.8 Å². The molecule has 2 atom stereocenters. The molecule has 1 fully saturated rings. The van der Waals surface area contributed by atoms with E-state index in [-0.39, 0.29) is 11.8 Å². The van der Waals surface area contributed by atoms with Crippen LogP contribution in [0.3, 0.4) is 0 Å². The Balaban J connectivity index is 2.72. The van der Waals surface area contributed by atoms with Crippen LogP contribution in [0, 0.1) is 0 Å². The third-order valence-electron chi connectivity index (χ3n) is 3.78. The highest BCUT2D eigenvalue weighted by Crippen LogP contribution is 2.19. The molecular weight excluding hydrogens is 272 g/mol. The molecule has 0 unspecified atom stereocenters. The summed E-state index contributed by atoms with van der Waals surface area (Å²) in [5.74, 6) is -1.37. The number of amides is 2. The highest BCUT2D eigenvalue weighted by Gasteiger charge is 2.33. The van der Waals surface area contributed by atoms with E-state index in [1.165, 1.54) is 0 Å². The smallest absolute Gasteiger partial charge is 0.326 e. The van der Waals surface area contributed by atoms with Crippen molar-refractivity contribution < 1.29 is 19.5 Å². The van der Waals surface area contributed by atoms with Gasteiger partial charge in [-0.1, -0.05) is 20.3 Å². The summed E-state index contributed by atoms with van der Waals surface area (Å²) in [5, 5.41) is 11.7. The first-order chi connectivity index (χ1) is 10.0. The van der Waals surface area contributed by atoms with Gasteiger partial charge in [-0.3, -0.25) is 9.59 Å². The maximum atomic E-state index is 12.3. The number of likely N-dealkylation sites (tertiary alicyclic amines) is 1. The lowest BCUT2D eigenvalue weighted by Crippen LogP contribution is -2.54. The molecule has 2 N–H and O–H groups in total. The summed E-state index contributed by atoms with van der Waals surface area (Å²) in [7, 11) is 0. The third-order valence-corrected chi connectivity index (χ3v) is 3.78. The van der Waals surface area contributed by atoms with E-state index in [4.69, 9.17) is 5.11 Å². The number of carboxylic acid groups (broad SMARTS) is 1. The molecular formula is C15H26N2O4. The van der Waals surface area contributed by atoms with Gasteiger partial charge in [0, 0.05) is 13.0 Å². The van der Waals surface area contributed by atoms with E-state index < -0.39 is 18.1 Å². The second-order valence-electron chi connectivity index (χ2n) is 5.54. The van der Waals surface area contributed by atoms with Crippen LogP contribution in [0.4, 0.5) is 0 Å². The Morgan fingerprint density at radius 2 is 1.95 bits per heavy atom. The van der Waals surface area contributed by atoms with Gasteiger partial charge in [-0.15, -0.1) is 0 Å². The average molecular weight is 298 g/mol. The highest BCUT2D eigenvalue weighted by atomic mass is 16.4. The normalized spacial score (nSPS) is 19.9. The molecule has 2 amide bonds. The Bertz CT molecular complexity index is 384. The molecule has 6 heteroatoms. The van der Waals surface area contributed by atoms with Crippen LogP contribution in [0.25, 0.3) is 0 Å². The summed E-state index contributed by atoms with van der Waals surface area (Å²) in [4.78, 5) is 37.2. The van der Waals surface area contributed by atoms with Crippen molar-refractivity contribution in [3.63, 3.8) is 0 Å². The van der Waals surface area contributed by atoms with E-state index in [0.717, 1.165) is 19.3 Å². The predicted octanol–water partition coefficient (Wildman–Crippen LogP) is 1.54. The van der Waals surface area contributed by atoms with Gasteiger partial charge in [0.1, 0.15) is 12.1 Å². The van der Waals surface area contributed by atoms with Gasteiger partial charge in [-0.05, 0) is 32.1 Å². The van der Waals surface area contributed by atoms with Crippen molar-refractivity contribution in [3.05, 3.63) is 0 Å². The summed E-state index contributed by atoms with van der Waals surface area (Å²) < 4.78 is 0. The van der Waals surface area contributed by atoms with Gasteiger partial charge in [0.2, 0.25) is 11.8 Å². The zero-order valence-electron chi connectivity index (χ0n) is 12.9. The zero-order chi connectivity index (χ0) is 15.8.